The first kappa shape index (κ1) is 20.2. The zero-order chi connectivity index (χ0) is 17.8. The van der Waals surface area contributed by atoms with Gasteiger partial charge in [0.2, 0.25) is 0 Å². The summed E-state index contributed by atoms with van der Waals surface area (Å²) in [4.78, 5) is 4.05. The molecule has 0 aliphatic heterocycles. The fourth-order valence-corrected chi connectivity index (χ4v) is 6.73. The van der Waals surface area contributed by atoms with Crippen LogP contribution < -0.4 is 0 Å². The molecule has 0 bridgehead atoms. The minimum atomic E-state index is -1.82. The fraction of sp³-hybridized carbons (Fsp3) is 0.722. The number of hydrogen-bond acceptors (Lipinski definition) is 2. The Kier molecular flexibility index (Phi) is 7.12. The number of rotatable bonds is 10. The molecule has 0 N–H and O–H groups in total. The lowest BCUT2D eigenvalue weighted by Crippen LogP contribution is -2.37. The highest BCUT2D eigenvalue weighted by molar-refractivity contribution is 6.73. The number of nitrogens with zero attached hydrogens (tertiary/aromatic N) is 1. The minimum absolute atomic E-state index is 0.165. The van der Waals surface area contributed by atoms with Gasteiger partial charge in [-0.1, -0.05) is 44.0 Å². The Morgan fingerprint density at radius 2 is 1.71 bits per heavy atom. The average Bonchev–Trinajstić information content (AvgIpc) is 3.29. The van der Waals surface area contributed by atoms with Crippen LogP contribution in [0.5, 0.6) is 0 Å². The van der Waals surface area contributed by atoms with Crippen molar-refractivity contribution in [3.8, 4) is 0 Å². The summed E-state index contributed by atoms with van der Waals surface area (Å²) in [6.07, 6.45) is 6.61. The van der Waals surface area contributed by atoms with Crippen LogP contribution in [0, 0.1) is 0 Å². The Hall–Kier alpha value is -0.163. The van der Waals surface area contributed by atoms with E-state index in [9.17, 15) is 4.39 Å². The van der Waals surface area contributed by atoms with Gasteiger partial charge < -0.3 is 4.43 Å². The molecule has 1 atom stereocenters. The van der Waals surface area contributed by atoms with Gasteiger partial charge in [0.05, 0.1) is 16.1 Å². The number of halogens is 3. The van der Waals surface area contributed by atoms with Crippen molar-refractivity contribution in [2.45, 2.75) is 82.8 Å². The van der Waals surface area contributed by atoms with Gasteiger partial charge in [0.1, 0.15) is 5.67 Å². The molecule has 1 aliphatic carbocycles. The van der Waals surface area contributed by atoms with Crippen molar-refractivity contribution in [1.82, 2.24) is 4.98 Å². The van der Waals surface area contributed by atoms with Crippen molar-refractivity contribution in [2.24, 2.45) is 0 Å². The Balaban J connectivity index is 2.19. The summed E-state index contributed by atoms with van der Waals surface area (Å²) in [7, 11) is -1.82. The van der Waals surface area contributed by atoms with E-state index in [1.54, 1.807) is 12.4 Å². The second-order valence-corrected chi connectivity index (χ2v) is 12.4. The molecule has 0 radical (unpaired) electrons. The van der Waals surface area contributed by atoms with E-state index in [1.807, 2.05) is 0 Å². The molecule has 0 saturated heterocycles. The molecule has 1 aromatic heterocycles. The first-order chi connectivity index (χ1) is 11.4. The molecule has 24 heavy (non-hydrogen) atoms. The van der Waals surface area contributed by atoms with Gasteiger partial charge in [0.15, 0.2) is 8.32 Å². The second-order valence-electron chi connectivity index (χ2n) is 6.91. The Labute approximate surface area is 156 Å². The van der Waals surface area contributed by atoms with Gasteiger partial charge in [-0.05, 0) is 50.2 Å². The Bertz CT molecular complexity index is 521. The van der Waals surface area contributed by atoms with E-state index in [0.717, 1.165) is 36.5 Å². The largest absolute Gasteiger partial charge is 0.410 e. The maximum atomic E-state index is 14.0. The van der Waals surface area contributed by atoms with Gasteiger partial charge in [-0.15, -0.1) is 0 Å². The molecular formula is C18H28Cl2FNOSi. The quantitative estimate of drug-likeness (QED) is 0.395. The number of pyridine rings is 1. The fourth-order valence-electron chi connectivity index (χ4n) is 3.28. The van der Waals surface area contributed by atoms with Crippen molar-refractivity contribution in [1.29, 1.82) is 0 Å². The summed E-state index contributed by atoms with van der Waals surface area (Å²) in [5.74, 6) is 0. The molecular weight excluding hydrogens is 364 g/mol. The number of hydrogen-bond donors (Lipinski definition) is 0. The summed E-state index contributed by atoms with van der Waals surface area (Å²) < 4.78 is 20.6. The lowest BCUT2D eigenvalue weighted by atomic mass is 10.0. The summed E-state index contributed by atoms with van der Waals surface area (Å²) in [6.45, 7) is 6.60. The summed E-state index contributed by atoms with van der Waals surface area (Å²) >= 11 is 12.8. The van der Waals surface area contributed by atoms with Gasteiger partial charge in [0, 0.05) is 18.0 Å². The predicted molar refractivity (Wildman–Crippen MR) is 102 cm³/mol. The zero-order valence-corrected chi connectivity index (χ0v) is 17.4. The smallest absolute Gasteiger partial charge is 0.192 e. The average molecular weight is 392 g/mol. The topological polar surface area (TPSA) is 22.1 Å². The molecule has 1 unspecified atom stereocenters. The third kappa shape index (κ3) is 4.93. The Morgan fingerprint density at radius 3 is 2.17 bits per heavy atom. The highest BCUT2D eigenvalue weighted by Crippen LogP contribution is 2.45. The van der Waals surface area contributed by atoms with Crippen LogP contribution in [0.1, 0.15) is 64.5 Å². The van der Waals surface area contributed by atoms with Crippen molar-refractivity contribution < 1.29 is 8.82 Å². The van der Waals surface area contributed by atoms with Gasteiger partial charge in [-0.2, -0.15) is 0 Å². The van der Waals surface area contributed by atoms with Crippen molar-refractivity contribution >= 4 is 31.5 Å². The van der Waals surface area contributed by atoms with Crippen LogP contribution in [0.2, 0.25) is 28.2 Å². The van der Waals surface area contributed by atoms with Gasteiger partial charge in [0.25, 0.3) is 0 Å². The lowest BCUT2D eigenvalue weighted by molar-refractivity contribution is 0.168. The predicted octanol–water partition coefficient (Wildman–Crippen LogP) is 7.12. The summed E-state index contributed by atoms with van der Waals surface area (Å²) in [5, 5.41) is 1.08. The molecule has 0 spiro atoms. The molecule has 1 aromatic rings. The molecule has 1 saturated carbocycles. The van der Waals surface area contributed by atoms with Gasteiger partial charge in [-0.25, -0.2) is 4.39 Å². The molecule has 0 amide bonds. The van der Waals surface area contributed by atoms with E-state index >= 15 is 0 Å². The van der Waals surface area contributed by atoms with Crippen molar-refractivity contribution in [2.75, 3.05) is 0 Å². The van der Waals surface area contributed by atoms with Crippen molar-refractivity contribution in [3.05, 3.63) is 28.0 Å². The molecule has 136 valence electrons. The van der Waals surface area contributed by atoms with Crippen LogP contribution in [0.3, 0.4) is 0 Å². The van der Waals surface area contributed by atoms with E-state index in [1.165, 1.54) is 0 Å². The SMILES string of the molecule is CC[Si](CC)(CC)OC(CCCC1(F)CC1)c1c(Cl)cncc1Cl. The van der Waals surface area contributed by atoms with Crippen LogP contribution in [0.25, 0.3) is 0 Å². The van der Waals surface area contributed by atoms with Crippen LogP contribution >= 0.6 is 23.2 Å². The maximum absolute atomic E-state index is 14.0. The monoisotopic (exact) mass is 391 g/mol. The van der Waals surface area contributed by atoms with Gasteiger partial charge in [-0.3, -0.25) is 4.98 Å². The number of alkyl halides is 1. The molecule has 6 heteroatoms. The van der Waals surface area contributed by atoms with Crippen LogP contribution in [-0.4, -0.2) is 19.0 Å². The molecule has 0 aromatic carbocycles. The standard InChI is InChI=1S/C18H28Cl2FNOSi/c1-4-24(5-2,6-3)23-16(8-7-9-18(21)10-11-18)17-14(19)12-22-13-15(17)20/h12-13,16H,4-11H2,1-3H3. The first-order valence-electron chi connectivity index (χ1n) is 9.04. The molecule has 1 aliphatic rings. The Morgan fingerprint density at radius 1 is 1.17 bits per heavy atom. The van der Waals surface area contributed by atoms with E-state index in [2.05, 4.69) is 25.8 Å². The van der Waals surface area contributed by atoms with Gasteiger partial charge >= 0.3 is 0 Å². The van der Waals surface area contributed by atoms with Crippen LogP contribution in [-0.2, 0) is 4.43 Å². The third-order valence-corrected chi connectivity index (χ3v) is 10.7. The summed E-state index contributed by atoms with van der Waals surface area (Å²) in [6, 6.07) is 3.18. The van der Waals surface area contributed by atoms with Crippen molar-refractivity contribution in [3.63, 3.8) is 0 Å². The highest BCUT2D eigenvalue weighted by atomic mass is 35.5. The van der Waals surface area contributed by atoms with Crippen LogP contribution in [0.15, 0.2) is 12.4 Å². The molecule has 2 rings (SSSR count). The molecule has 1 fully saturated rings. The second kappa shape index (κ2) is 8.48. The molecule has 1 heterocycles. The zero-order valence-electron chi connectivity index (χ0n) is 14.9. The van der Waals surface area contributed by atoms with E-state index in [-0.39, 0.29) is 6.10 Å². The summed E-state index contributed by atoms with van der Waals surface area (Å²) in [5.41, 5.74) is -0.102. The van der Waals surface area contributed by atoms with E-state index in [0.29, 0.717) is 29.3 Å². The lowest BCUT2D eigenvalue weighted by Gasteiger charge is -2.34. The maximum Gasteiger partial charge on any atom is 0.192 e. The number of aromatic nitrogens is 1. The molecule has 2 nitrogen and oxygen atoms in total. The first-order valence-corrected chi connectivity index (χ1v) is 12.3. The van der Waals surface area contributed by atoms with E-state index < -0.39 is 14.0 Å². The highest BCUT2D eigenvalue weighted by Gasteiger charge is 2.42. The third-order valence-electron chi connectivity index (χ3n) is 5.42. The normalized spacial score (nSPS) is 17.8. The van der Waals surface area contributed by atoms with E-state index in [4.69, 9.17) is 27.6 Å². The van der Waals surface area contributed by atoms with Crippen LogP contribution in [0.4, 0.5) is 4.39 Å². The minimum Gasteiger partial charge on any atom is -0.410 e.